The molecule has 0 unspecified atom stereocenters. The Balaban J connectivity index is 2.74. The molecule has 3 nitrogen and oxygen atoms in total. The topological polar surface area (TPSA) is 37.4 Å². The van der Waals surface area contributed by atoms with Crippen molar-refractivity contribution in [3.05, 3.63) is 23.9 Å². The summed E-state index contributed by atoms with van der Waals surface area (Å²) in [4.78, 5) is 23.3. The van der Waals surface area contributed by atoms with Crippen molar-refractivity contribution in [3.8, 4) is 0 Å². The first-order chi connectivity index (χ1) is 5.61. The van der Waals surface area contributed by atoms with Gasteiger partial charge in [-0.05, 0) is 13.0 Å². The van der Waals surface area contributed by atoms with Crippen LogP contribution in [0.4, 0.5) is 0 Å². The maximum atomic E-state index is 10.9. The first-order valence-electron chi connectivity index (χ1n) is 3.77. The van der Waals surface area contributed by atoms with Gasteiger partial charge in [0.05, 0.1) is 6.54 Å². The molecule has 0 N–H and O–H groups in total. The molecule has 0 saturated carbocycles. The Labute approximate surface area is 71.4 Å². The van der Waals surface area contributed by atoms with Crippen LogP contribution in [0.5, 0.6) is 0 Å². The molecule has 1 aliphatic rings. The molecule has 1 rings (SSSR count). The number of hydrogen-bond acceptors (Lipinski definition) is 2. The molecule has 0 aromatic rings. The van der Waals surface area contributed by atoms with E-state index in [1.54, 1.807) is 18.4 Å². The molecule has 0 aromatic carbocycles. The molecule has 64 valence electrons. The quantitative estimate of drug-likeness (QED) is 0.578. The Morgan fingerprint density at radius 1 is 1.42 bits per heavy atom. The lowest BCUT2D eigenvalue weighted by atomic mass is 10.1. The number of ketones is 1. The summed E-state index contributed by atoms with van der Waals surface area (Å²) >= 11 is 0. The van der Waals surface area contributed by atoms with Crippen molar-refractivity contribution in [2.45, 2.75) is 13.8 Å². The van der Waals surface area contributed by atoms with Crippen LogP contribution in [0, 0.1) is 0 Å². The zero-order valence-electron chi connectivity index (χ0n) is 7.20. The van der Waals surface area contributed by atoms with Gasteiger partial charge >= 0.3 is 0 Å². The summed E-state index contributed by atoms with van der Waals surface area (Å²) in [5.41, 5.74) is 0.674. The number of hydrogen-bond donors (Lipinski definition) is 0. The predicted molar refractivity (Wildman–Crippen MR) is 45.3 cm³/mol. The van der Waals surface area contributed by atoms with Crippen LogP contribution in [0.2, 0.25) is 0 Å². The van der Waals surface area contributed by atoms with E-state index >= 15 is 0 Å². The summed E-state index contributed by atoms with van der Waals surface area (Å²) in [6, 6.07) is 0. The largest absolute Gasteiger partial charge is 0.315 e. The number of Topliss-reactive ketones (excluding diaryl/α,β-unsaturated/α-hetero) is 1. The van der Waals surface area contributed by atoms with Crippen LogP contribution in [-0.2, 0) is 9.59 Å². The van der Waals surface area contributed by atoms with Gasteiger partial charge in [-0.1, -0.05) is 6.08 Å². The Hall–Kier alpha value is -1.38. The summed E-state index contributed by atoms with van der Waals surface area (Å²) in [6.07, 6.45) is 5.12. The highest BCUT2D eigenvalue weighted by Crippen LogP contribution is 2.07. The molecule has 0 spiro atoms. The minimum atomic E-state index is -0.0434. The van der Waals surface area contributed by atoms with Gasteiger partial charge in [0.25, 0.3) is 0 Å². The zero-order valence-corrected chi connectivity index (χ0v) is 7.20. The Morgan fingerprint density at radius 2 is 2.08 bits per heavy atom. The second kappa shape index (κ2) is 3.34. The molecule has 3 heteroatoms. The van der Waals surface area contributed by atoms with E-state index in [2.05, 4.69) is 0 Å². The molecule has 0 saturated heterocycles. The first kappa shape index (κ1) is 8.71. The van der Waals surface area contributed by atoms with Crippen LogP contribution in [0.25, 0.3) is 0 Å². The lowest BCUT2D eigenvalue weighted by molar-refractivity contribution is -0.126. The fourth-order valence-electron chi connectivity index (χ4n) is 0.997. The van der Waals surface area contributed by atoms with Gasteiger partial charge in [-0.15, -0.1) is 0 Å². The third kappa shape index (κ3) is 1.81. The molecule has 1 heterocycles. The van der Waals surface area contributed by atoms with Gasteiger partial charge in [0.1, 0.15) is 0 Å². The molecule has 0 bridgehead atoms. The van der Waals surface area contributed by atoms with Crippen LogP contribution in [-0.4, -0.2) is 23.1 Å². The highest BCUT2D eigenvalue weighted by atomic mass is 16.2. The molecule has 12 heavy (non-hydrogen) atoms. The van der Waals surface area contributed by atoms with Crippen molar-refractivity contribution in [1.29, 1.82) is 0 Å². The molecular formula is C9H11NO2. The van der Waals surface area contributed by atoms with Crippen molar-refractivity contribution >= 4 is 11.7 Å². The molecule has 1 amide bonds. The molecular weight excluding hydrogens is 154 g/mol. The average Bonchev–Trinajstić information content (AvgIpc) is 2.04. The van der Waals surface area contributed by atoms with Crippen LogP contribution < -0.4 is 0 Å². The Kier molecular flexibility index (Phi) is 2.43. The van der Waals surface area contributed by atoms with Crippen molar-refractivity contribution in [3.63, 3.8) is 0 Å². The van der Waals surface area contributed by atoms with E-state index in [0.717, 1.165) is 0 Å². The van der Waals surface area contributed by atoms with Gasteiger partial charge in [-0.2, -0.15) is 0 Å². The van der Waals surface area contributed by atoms with E-state index in [4.69, 9.17) is 0 Å². The van der Waals surface area contributed by atoms with E-state index in [9.17, 15) is 9.59 Å². The third-order valence-electron chi connectivity index (χ3n) is 1.76. The van der Waals surface area contributed by atoms with E-state index in [0.29, 0.717) is 12.1 Å². The summed E-state index contributed by atoms with van der Waals surface area (Å²) in [5.74, 6) is -0.0244. The average molecular weight is 165 g/mol. The van der Waals surface area contributed by atoms with Crippen LogP contribution in [0.1, 0.15) is 13.8 Å². The number of rotatable bonds is 1. The molecule has 1 aliphatic heterocycles. The van der Waals surface area contributed by atoms with E-state index in [-0.39, 0.29) is 11.7 Å². The number of allylic oxidation sites excluding steroid dienone is 2. The van der Waals surface area contributed by atoms with Crippen LogP contribution in [0.15, 0.2) is 23.9 Å². The molecule has 0 aliphatic carbocycles. The van der Waals surface area contributed by atoms with Crippen LogP contribution in [0.3, 0.4) is 0 Å². The summed E-state index contributed by atoms with van der Waals surface area (Å²) in [6.45, 7) is 3.39. The standard InChI is InChI=1S/C9H11NO2/c1-7(11)9-4-3-5-10(6-9)8(2)12/h3-5H,6H2,1-2H3. The van der Waals surface area contributed by atoms with Crippen molar-refractivity contribution in [1.82, 2.24) is 4.90 Å². The second-order valence-electron chi connectivity index (χ2n) is 2.74. The van der Waals surface area contributed by atoms with Gasteiger partial charge < -0.3 is 4.90 Å². The number of carbonyl (C=O) groups excluding carboxylic acids is 2. The monoisotopic (exact) mass is 165 g/mol. The van der Waals surface area contributed by atoms with Gasteiger partial charge in [0, 0.05) is 18.7 Å². The lowest BCUT2D eigenvalue weighted by Crippen LogP contribution is -2.28. The minimum Gasteiger partial charge on any atom is -0.315 e. The first-order valence-corrected chi connectivity index (χ1v) is 3.77. The van der Waals surface area contributed by atoms with E-state index in [1.807, 2.05) is 0 Å². The SMILES string of the molecule is CC(=O)C1=CC=CN(C(C)=O)C1. The molecule has 0 atom stereocenters. The second-order valence-corrected chi connectivity index (χ2v) is 2.74. The predicted octanol–water partition coefficient (Wildman–Crippen LogP) is 0.878. The minimum absolute atomic E-state index is 0.0191. The molecule has 0 aromatic heterocycles. The van der Waals surface area contributed by atoms with Gasteiger partial charge in [-0.25, -0.2) is 0 Å². The maximum Gasteiger partial charge on any atom is 0.223 e. The smallest absolute Gasteiger partial charge is 0.223 e. The fraction of sp³-hybridized carbons (Fsp3) is 0.333. The Morgan fingerprint density at radius 3 is 2.58 bits per heavy atom. The third-order valence-corrected chi connectivity index (χ3v) is 1.76. The zero-order chi connectivity index (χ0) is 9.14. The van der Waals surface area contributed by atoms with Gasteiger partial charge in [0.15, 0.2) is 5.78 Å². The molecule has 0 fully saturated rings. The number of amides is 1. The van der Waals surface area contributed by atoms with E-state index in [1.165, 1.54) is 18.7 Å². The summed E-state index contributed by atoms with van der Waals surface area (Å²) in [7, 11) is 0. The maximum absolute atomic E-state index is 10.9. The van der Waals surface area contributed by atoms with Gasteiger partial charge in [-0.3, -0.25) is 9.59 Å². The van der Waals surface area contributed by atoms with E-state index < -0.39 is 0 Å². The highest BCUT2D eigenvalue weighted by Gasteiger charge is 2.13. The lowest BCUT2D eigenvalue weighted by Gasteiger charge is -2.19. The summed E-state index contributed by atoms with van der Waals surface area (Å²) in [5, 5.41) is 0. The van der Waals surface area contributed by atoms with Gasteiger partial charge in [0.2, 0.25) is 5.91 Å². The highest BCUT2D eigenvalue weighted by molar-refractivity contribution is 5.95. The van der Waals surface area contributed by atoms with Crippen molar-refractivity contribution in [2.75, 3.05) is 6.54 Å². The normalized spacial score (nSPS) is 15.8. The van der Waals surface area contributed by atoms with Crippen molar-refractivity contribution < 1.29 is 9.59 Å². The van der Waals surface area contributed by atoms with Crippen molar-refractivity contribution in [2.24, 2.45) is 0 Å². The summed E-state index contributed by atoms with van der Waals surface area (Å²) < 4.78 is 0. The Bertz CT molecular complexity index is 276. The molecule has 0 radical (unpaired) electrons. The number of carbonyl (C=O) groups is 2. The number of nitrogens with zero attached hydrogens (tertiary/aromatic N) is 1. The van der Waals surface area contributed by atoms with Crippen LogP contribution >= 0.6 is 0 Å². The fourth-order valence-corrected chi connectivity index (χ4v) is 0.997.